The van der Waals surface area contributed by atoms with Crippen LogP contribution in [0.3, 0.4) is 0 Å². The maximum atomic E-state index is 4.25. The number of halogens is 1. The number of imidazole rings is 1. The van der Waals surface area contributed by atoms with Crippen LogP contribution in [-0.4, -0.2) is 39.4 Å². The minimum atomic E-state index is 0.845. The summed E-state index contributed by atoms with van der Waals surface area (Å²) in [6.07, 6.45) is 6.68. The van der Waals surface area contributed by atoms with Crippen molar-refractivity contribution in [2.75, 3.05) is 25.0 Å². The highest BCUT2D eigenvalue weighted by Crippen LogP contribution is 2.18. The van der Waals surface area contributed by atoms with Gasteiger partial charge in [-0.1, -0.05) is 15.9 Å². The second kappa shape index (κ2) is 5.82. The summed E-state index contributed by atoms with van der Waals surface area (Å²) in [7, 11) is 0. The van der Waals surface area contributed by atoms with Crippen LogP contribution in [0.15, 0.2) is 12.4 Å². The van der Waals surface area contributed by atoms with Crippen molar-refractivity contribution in [3.63, 3.8) is 0 Å². The minimum Gasteiger partial charge on any atom is -0.334 e. The Morgan fingerprint density at radius 1 is 1.50 bits per heavy atom. The topological polar surface area (TPSA) is 21.1 Å². The maximum absolute atomic E-state index is 4.25. The molecule has 0 aromatic carbocycles. The highest BCUT2D eigenvalue weighted by molar-refractivity contribution is 9.09. The molecular weight excluding hydrogens is 266 g/mol. The Morgan fingerprint density at radius 2 is 2.38 bits per heavy atom. The fourth-order valence-corrected chi connectivity index (χ4v) is 2.90. The fourth-order valence-electron chi connectivity index (χ4n) is 2.37. The van der Waals surface area contributed by atoms with Gasteiger partial charge in [0.05, 0.1) is 0 Å². The third-order valence-electron chi connectivity index (χ3n) is 3.40. The summed E-state index contributed by atoms with van der Waals surface area (Å²) < 4.78 is 2.23. The van der Waals surface area contributed by atoms with E-state index in [2.05, 4.69) is 43.5 Å². The van der Waals surface area contributed by atoms with Crippen LogP contribution in [-0.2, 0) is 6.54 Å². The molecule has 2 heterocycles. The van der Waals surface area contributed by atoms with E-state index in [1.54, 1.807) is 0 Å². The quantitative estimate of drug-likeness (QED) is 0.792. The van der Waals surface area contributed by atoms with Crippen LogP contribution in [0.1, 0.15) is 18.7 Å². The fraction of sp³-hybridized carbons (Fsp3) is 0.750. The second-order valence-corrected chi connectivity index (χ2v) is 5.28. The van der Waals surface area contributed by atoms with Crippen LogP contribution in [0.25, 0.3) is 0 Å². The van der Waals surface area contributed by atoms with Crippen molar-refractivity contribution in [2.24, 2.45) is 5.92 Å². The van der Waals surface area contributed by atoms with Crippen molar-refractivity contribution < 1.29 is 0 Å². The lowest BCUT2D eigenvalue weighted by atomic mass is 10.0. The first-order chi connectivity index (χ1) is 7.79. The van der Waals surface area contributed by atoms with E-state index in [-0.39, 0.29) is 0 Å². The van der Waals surface area contributed by atoms with E-state index < -0.39 is 0 Å². The molecule has 90 valence electrons. The Morgan fingerprint density at radius 3 is 3.06 bits per heavy atom. The third-order valence-corrected chi connectivity index (χ3v) is 4.32. The molecule has 0 saturated carbocycles. The van der Waals surface area contributed by atoms with Gasteiger partial charge in [0.15, 0.2) is 0 Å². The highest BCUT2D eigenvalue weighted by Gasteiger charge is 2.18. The number of hydrogen-bond acceptors (Lipinski definition) is 2. The van der Waals surface area contributed by atoms with Crippen molar-refractivity contribution in [3.8, 4) is 0 Å². The van der Waals surface area contributed by atoms with Gasteiger partial charge in [0.25, 0.3) is 0 Å². The van der Waals surface area contributed by atoms with Crippen LogP contribution in [0, 0.1) is 12.8 Å². The van der Waals surface area contributed by atoms with Gasteiger partial charge in [0, 0.05) is 37.4 Å². The lowest BCUT2D eigenvalue weighted by molar-refractivity contribution is 0.180. The van der Waals surface area contributed by atoms with Crippen LogP contribution < -0.4 is 0 Å². The first-order valence-electron chi connectivity index (χ1n) is 6.05. The van der Waals surface area contributed by atoms with Gasteiger partial charge in [-0.2, -0.15) is 0 Å². The smallest absolute Gasteiger partial charge is 0.105 e. The third kappa shape index (κ3) is 3.08. The number of piperidine rings is 1. The molecule has 1 aliphatic heterocycles. The summed E-state index contributed by atoms with van der Waals surface area (Å²) in [4.78, 5) is 6.83. The maximum Gasteiger partial charge on any atom is 0.105 e. The minimum absolute atomic E-state index is 0.845. The van der Waals surface area contributed by atoms with E-state index in [0.29, 0.717) is 0 Å². The number of alkyl halides is 1. The Labute approximate surface area is 106 Å². The molecule has 3 nitrogen and oxygen atoms in total. The molecular formula is C12H20BrN3. The van der Waals surface area contributed by atoms with E-state index in [1.807, 2.05) is 6.20 Å². The Hall–Kier alpha value is -0.350. The van der Waals surface area contributed by atoms with Crippen LogP contribution >= 0.6 is 15.9 Å². The average Bonchev–Trinajstić information content (AvgIpc) is 2.72. The lowest BCUT2D eigenvalue weighted by Gasteiger charge is -2.31. The van der Waals surface area contributed by atoms with Crippen molar-refractivity contribution in [1.82, 2.24) is 14.5 Å². The number of aryl methyl sites for hydroxylation is 1. The van der Waals surface area contributed by atoms with E-state index >= 15 is 0 Å². The molecule has 1 saturated heterocycles. The Balaban J connectivity index is 1.79. The van der Waals surface area contributed by atoms with Gasteiger partial charge >= 0.3 is 0 Å². The molecule has 4 heteroatoms. The van der Waals surface area contributed by atoms with E-state index in [4.69, 9.17) is 0 Å². The standard InChI is InChI=1S/C12H20BrN3/c1-11-14-4-6-16(11)8-7-15-5-2-3-12(9-13)10-15/h4,6,12H,2-3,5,7-10H2,1H3. The first-order valence-corrected chi connectivity index (χ1v) is 7.18. The number of hydrogen-bond donors (Lipinski definition) is 0. The molecule has 0 radical (unpaired) electrons. The van der Waals surface area contributed by atoms with Gasteiger partial charge in [-0.25, -0.2) is 4.98 Å². The molecule has 1 fully saturated rings. The summed E-state index contributed by atoms with van der Waals surface area (Å²) in [6, 6.07) is 0. The van der Waals surface area contributed by atoms with Crippen LogP contribution in [0.5, 0.6) is 0 Å². The SMILES string of the molecule is Cc1nccn1CCN1CCCC(CBr)C1. The molecule has 1 aromatic rings. The van der Waals surface area contributed by atoms with Gasteiger partial charge < -0.3 is 9.47 Å². The predicted molar refractivity (Wildman–Crippen MR) is 69.9 cm³/mol. The zero-order valence-electron chi connectivity index (χ0n) is 9.90. The Bertz CT molecular complexity index is 324. The lowest BCUT2D eigenvalue weighted by Crippen LogP contribution is -2.38. The predicted octanol–water partition coefficient (Wildman–Crippen LogP) is 2.30. The van der Waals surface area contributed by atoms with E-state index in [9.17, 15) is 0 Å². The molecule has 16 heavy (non-hydrogen) atoms. The normalized spacial score (nSPS) is 22.5. The number of nitrogens with zero attached hydrogens (tertiary/aromatic N) is 3. The average molecular weight is 286 g/mol. The molecule has 1 atom stereocenters. The highest BCUT2D eigenvalue weighted by atomic mass is 79.9. The molecule has 0 N–H and O–H groups in total. The summed E-state index contributed by atoms with van der Waals surface area (Å²) in [5.74, 6) is 1.96. The van der Waals surface area contributed by atoms with Gasteiger partial charge in [0.1, 0.15) is 5.82 Å². The van der Waals surface area contributed by atoms with Crippen molar-refractivity contribution in [1.29, 1.82) is 0 Å². The van der Waals surface area contributed by atoms with Crippen LogP contribution in [0.2, 0.25) is 0 Å². The summed E-state index contributed by atoms with van der Waals surface area (Å²) >= 11 is 3.60. The molecule has 1 unspecified atom stereocenters. The largest absolute Gasteiger partial charge is 0.334 e. The zero-order valence-corrected chi connectivity index (χ0v) is 11.5. The molecule has 0 aliphatic carbocycles. The molecule has 0 spiro atoms. The summed E-state index contributed by atoms with van der Waals surface area (Å²) in [5, 5.41) is 1.15. The molecule has 1 aliphatic rings. The summed E-state index contributed by atoms with van der Waals surface area (Å²) in [6.45, 7) is 6.80. The molecule has 0 bridgehead atoms. The molecule has 1 aromatic heterocycles. The van der Waals surface area contributed by atoms with Gasteiger partial charge in [-0.3, -0.25) is 0 Å². The van der Waals surface area contributed by atoms with Crippen molar-refractivity contribution in [2.45, 2.75) is 26.3 Å². The second-order valence-electron chi connectivity index (χ2n) is 4.63. The van der Waals surface area contributed by atoms with Gasteiger partial charge in [-0.05, 0) is 32.2 Å². The van der Waals surface area contributed by atoms with Crippen molar-refractivity contribution >= 4 is 15.9 Å². The zero-order chi connectivity index (χ0) is 11.4. The number of likely N-dealkylation sites (tertiary alicyclic amines) is 1. The monoisotopic (exact) mass is 285 g/mol. The van der Waals surface area contributed by atoms with Gasteiger partial charge in [0.2, 0.25) is 0 Å². The van der Waals surface area contributed by atoms with E-state index in [1.165, 1.54) is 25.9 Å². The van der Waals surface area contributed by atoms with Gasteiger partial charge in [-0.15, -0.1) is 0 Å². The number of aromatic nitrogens is 2. The van der Waals surface area contributed by atoms with Crippen molar-refractivity contribution in [3.05, 3.63) is 18.2 Å². The number of rotatable bonds is 4. The Kier molecular flexibility index (Phi) is 4.41. The first kappa shape index (κ1) is 12.1. The van der Waals surface area contributed by atoms with E-state index in [0.717, 1.165) is 30.2 Å². The molecule has 0 amide bonds. The van der Waals surface area contributed by atoms with Crippen LogP contribution in [0.4, 0.5) is 0 Å². The molecule has 2 rings (SSSR count). The summed E-state index contributed by atoms with van der Waals surface area (Å²) in [5.41, 5.74) is 0.